The molecule has 0 aliphatic heterocycles. The van der Waals surface area contributed by atoms with Gasteiger partial charge in [0.05, 0.1) is 11.7 Å². The normalized spacial score (nSPS) is 12.4. The Bertz CT molecular complexity index is 847. The lowest BCUT2D eigenvalue weighted by atomic mass is 10.1. The third-order valence-corrected chi connectivity index (χ3v) is 5.61. The maximum Gasteiger partial charge on any atom is 0.233 e. The van der Waals surface area contributed by atoms with E-state index in [1.807, 2.05) is 31.2 Å². The first-order valence-corrected chi connectivity index (χ1v) is 10.5. The second kappa shape index (κ2) is 9.41. The second-order valence-electron chi connectivity index (χ2n) is 6.71. The highest BCUT2D eigenvalue weighted by molar-refractivity contribution is 7.92. The van der Waals surface area contributed by atoms with Crippen molar-refractivity contribution in [2.24, 2.45) is 5.92 Å². The molecule has 1 atom stereocenters. The van der Waals surface area contributed by atoms with E-state index < -0.39 is 15.9 Å². The Morgan fingerprint density at radius 3 is 2.33 bits per heavy atom. The molecule has 146 valence electrons. The minimum absolute atomic E-state index is 0.223. The van der Waals surface area contributed by atoms with E-state index in [-0.39, 0.29) is 17.4 Å². The fourth-order valence-electron chi connectivity index (χ4n) is 2.59. The van der Waals surface area contributed by atoms with E-state index in [1.165, 1.54) is 0 Å². The van der Waals surface area contributed by atoms with Gasteiger partial charge in [-0.3, -0.25) is 9.52 Å². The zero-order chi connectivity index (χ0) is 19.9. The smallest absolute Gasteiger partial charge is 0.233 e. The average molecular weight is 391 g/mol. The molecule has 2 rings (SSSR count). The van der Waals surface area contributed by atoms with E-state index in [0.717, 1.165) is 24.0 Å². The molecule has 2 aromatic rings. The highest BCUT2D eigenvalue weighted by Crippen LogP contribution is 2.13. The summed E-state index contributed by atoms with van der Waals surface area (Å²) in [6.07, 6.45) is 1.50. The van der Waals surface area contributed by atoms with Crippen molar-refractivity contribution in [2.45, 2.75) is 26.7 Å². The van der Waals surface area contributed by atoms with Crippen molar-refractivity contribution in [1.29, 1.82) is 0 Å². The predicted octanol–water partition coefficient (Wildman–Crippen LogP) is 2.83. The summed E-state index contributed by atoms with van der Waals surface area (Å²) in [5.41, 5.74) is 2.60. The van der Waals surface area contributed by atoms with Crippen LogP contribution < -0.4 is 10.0 Å². The van der Waals surface area contributed by atoms with Crippen molar-refractivity contribution in [2.75, 3.05) is 17.0 Å². The predicted molar refractivity (Wildman–Crippen MR) is 107 cm³/mol. The minimum atomic E-state index is -3.60. The molecule has 0 bridgehead atoms. The Labute approximate surface area is 160 Å². The third kappa shape index (κ3) is 7.30. The summed E-state index contributed by atoms with van der Waals surface area (Å²) in [4.78, 5) is 12.1. The molecule has 27 heavy (non-hydrogen) atoms. The molecule has 6 nitrogen and oxygen atoms in total. The van der Waals surface area contributed by atoms with Crippen molar-refractivity contribution in [3.63, 3.8) is 0 Å². The second-order valence-corrected chi connectivity index (χ2v) is 8.48. The van der Waals surface area contributed by atoms with Gasteiger partial charge < -0.3 is 10.4 Å². The number of hydrogen-bond acceptors (Lipinski definition) is 4. The van der Waals surface area contributed by atoms with Gasteiger partial charge in [0.2, 0.25) is 15.9 Å². The Kier molecular flexibility index (Phi) is 7.24. The molecular weight excluding hydrogens is 364 g/mol. The molecule has 0 aliphatic carbocycles. The van der Waals surface area contributed by atoms with Crippen LogP contribution in [0.2, 0.25) is 0 Å². The van der Waals surface area contributed by atoms with Crippen LogP contribution in [0, 0.1) is 12.8 Å². The summed E-state index contributed by atoms with van der Waals surface area (Å²) in [6, 6.07) is 14.0. The summed E-state index contributed by atoms with van der Waals surface area (Å²) in [6.45, 7) is 3.99. The van der Waals surface area contributed by atoms with Gasteiger partial charge in [-0.15, -0.1) is 0 Å². The lowest BCUT2D eigenvalue weighted by Crippen LogP contribution is -2.35. The molecule has 0 aliphatic rings. The first-order chi connectivity index (χ1) is 12.7. The zero-order valence-electron chi connectivity index (χ0n) is 15.6. The molecule has 1 amide bonds. The number of sulfonamides is 1. The van der Waals surface area contributed by atoms with Gasteiger partial charge >= 0.3 is 0 Å². The zero-order valence-corrected chi connectivity index (χ0v) is 16.4. The monoisotopic (exact) mass is 390 g/mol. The van der Waals surface area contributed by atoms with Gasteiger partial charge in [0, 0.05) is 12.2 Å². The van der Waals surface area contributed by atoms with Gasteiger partial charge in [-0.1, -0.05) is 36.8 Å². The van der Waals surface area contributed by atoms with Crippen molar-refractivity contribution in [3.05, 3.63) is 59.7 Å². The van der Waals surface area contributed by atoms with Crippen molar-refractivity contribution in [3.8, 4) is 5.75 Å². The van der Waals surface area contributed by atoms with E-state index in [9.17, 15) is 18.3 Å². The number of phenolic OH excluding ortho intramolecular Hbond substituents is 1. The van der Waals surface area contributed by atoms with E-state index in [1.54, 1.807) is 31.2 Å². The maximum atomic E-state index is 12.2. The molecular formula is C20H26N2O4S. The molecule has 0 saturated heterocycles. The number of anilines is 1. The lowest BCUT2D eigenvalue weighted by Gasteiger charge is -2.14. The van der Waals surface area contributed by atoms with E-state index in [0.29, 0.717) is 12.2 Å². The van der Waals surface area contributed by atoms with Crippen LogP contribution in [0.15, 0.2) is 48.5 Å². The molecule has 7 heteroatoms. The number of amides is 1. The first kappa shape index (κ1) is 20.8. The third-order valence-electron chi connectivity index (χ3n) is 4.12. The van der Waals surface area contributed by atoms with Gasteiger partial charge in [-0.2, -0.15) is 0 Å². The molecule has 0 fully saturated rings. The van der Waals surface area contributed by atoms with Gasteiger partial charge in [0.15, 0.2) is 0 Å². The topological polar surface area (TPSA) is 95.5 Å². The number of carbonyl (C=O) groups is 1. The van der Waals surface area contributed by atoms with Gasteiger partial charge in [0.1, 0.15) is 5.75 Å². The van der Waals surface area contributed by atoms with Crippen LogP contribution in [0.1, 0.15) is 24.5 Å². The maximum absolute atomic E-state index is 12.2. The van der Waals surface area contributed by atoms with E-state index in [4.69, 9.17) is 0 Å². The summed E-state index contributed by atoms with van der Waals surface area (Å²) < 4.78 is 27.0. The fraction of sp³-hybridized carbons (Fsp3) is 0.350. The van der Waals surface area contributed by atoms with Crippen LogP contribution in [0.5, 0.6) is 5.75 Å². The summed E-state index contributed by atoms with van der Waals surface area (Å²) in [7, 11) is -3.60. The number of carbonyl (C=O) groups excluding carboxylic acids is 1. The molecule has 0 aromatic heterocycles. The number of benzene rings is 2. The van der Waals surface area contributed by atoms with Gasteiger partial charge in [0.25, 0.3) is 0 Å². The SMILES string of the molecule is Cc1ccc(NS(=O)(=O)CC(C)C(=O)NCCCc2ccc(O)cc2)cc1. The van der Waals surface area contributed by atoms with Crippen molar-refractivity contribution >= 4 is 21.6 Å². The Balaban J connectivity index is 1.75. The number of aryl methyl sites for hydroxylation is 2. The van der Waals surface area contributed by atoms with E-state index >= 15 is 0 Å². The number of aromatic hydroxyl groups is 1. The Morgan fingerprint density at radius 1 is 1.07 bits per heavy atom. The molecule has 0 radical (unpaired) electrons. The number of rotatable bonds is 9. The van der Waals surface area contributed by atoms with Crippen LogP contribution in [0.25, 0.3) is 0 Å². The summed E-state index contributed by atoms with van der Waals surface area (Å²) >= 11 is 0. The molecule has 0 saturated carbocycles. The van der Waals surface area contributed by atoms with Crippen LogP contribution in [0.4, 0.5) is 5.69 Å². The van der Waals surface area contributed by atoms with Gasteiger partial charge in [-0.25, -0.2) is 8.42 Å². The quantitative estimate of drug-likeness (QED) is 0.574. The summed E-state index contributed by atoms with van der Waals surface area (Å²) in [5.74, 6) is -0.983. The number of nitrogens with one attached hydrogen (secondary N) is 2. The number of phenols is 1. The van der Waals surface area contributed by atoms with Crippen molar-refractivity contribution in [1.82, 2.24) is 5.32 Å². The highest BCUT2D eigenvalue weighted by Gasteiger charge is 2.21. The minimum Gasteiger partial charge on any atom is -0.508 e. The molecule has 0 heterocycles. The largest absolute Gasteiger partial charge is 0.508 e. The average Bonchev–Trinajstić information content (AvgIpc) is 2.61. The molecule has 2 aromatic carbocycles. The fourth-order valence-corrected chi connectivity index (χ4v) is 3.98. The van der Waals surface area contributed by atoms with Gasteiger partial charge in [-0.05, 0) is 49.6 Å². The van der Waals surface area contributed by atoms with Crippen LogP contribution in [-0.4, -0.2) is 31.7 Å². The molecule has 3 N–H and O–H groups in total. The van der Waals surface area contributed by atoms with Crippen molar-refractivity contribution < 1.29 is 18.3 Å². The first-order valence-electron chi connectivity index (χ1n) is 8.88. The summed E-state index contributed by atoms with van der Waals surface area (Å²) in [5, 5.41) is 12.0. The Morgan fingerprint density at radius 2 is 1.70 bits per heavy atom. The number of hydrogen-bond donors (Lipinski definition) is 3. The highest BCUT2D eigenvalue weighted by atomic mass is 32.2. The lowest BCUT2D eigenvalue weighted by molar-refractivity contribution is -0.123. The molecule has 1 unspecified atom stereocenters. The Hall–Kier alpha value is -2.54. The standard InChI is InChI=1S/C20H26N2O4S/c1-15-5-9-18(10-6-15)22-27(25,26)14-16(2)20(24)21-13-3-4-17-7-11-19(23)12-8-17/h5-12,16,22-23H,3-4,13-14H2,1-2H3,(H,21,24). The van der Waals surface area contributed by atoms with Crippen LogP contribution in [0.3, 0.4) is 0 Å². The van der Waals surface area contributed by atoms with E-state index in [2.05, 4.69) is 10.0 Å². The van der Waals surface area contributed by atoms with Crippen LogP contribution in [-0.2, 0) is 21.2 Å². The van der Waals surface area contributed by atoms with Crippen LogP contribution >= 0.6 is 0 Å². The molecule has 0 spiro atoms.